The molecule has 0 saturated carbocycles. The van der Waals surface area contributed by atoms with E-state index in [9.17, 15) is 13.2 Å². The van der Waals surface area contributed by atoms with Crippen LogP contribution >= 0.6 is 0 Å². The predicted molar refractivity (Wildman–Crippen MR) is 111 cm³/mol. The normalized spacial score (nSPS) is 12.3. The minimum Gasteiger partial charge on any atom is -0.496 e. The third-order valence-electron chi connectivity index (χ3n) is 4.48. The van der Waals surface area contributed by atoms with E-state index in [0.717, 1.165) is 5.56 Å². The Labute approximate surface area is 175 Å². The standard InChI is InChI=1S/C21H23N3O5S/c1-15(16-8-4-3-5-9-16)22-19(25)12-13-30(26,27)14-20-23-21(24-29-20)17-10-6-7-11-18(17)28-2/h3-11,15H,12-14H2,1-2H3,(H,22,25). The molecule has 9 heteroatoms. The highest BCUT2D eigenvalue weighted by Crippen LogP contribution is 2.27. The number of hydrogen-bond acceptors (Lipinski definition) is 7. The van der Waals surface area contributed by atoms with Gasteiger partial charge >= 0.3 is 0 Å². The Bertz CT molecular complexity index is 1100. The van der Waals surface area contributed by atoms with Gasteiger partial charge in [0.05, 0.1) is 24.5 Å². The molecular formula is C21H23N3O5S. The second-order valence-electron chi connectivity index (χ2n) is 6.75. The van der Waals surface area contributed by atoms with Gasteiger partial charge in [0, 0.05) is 6.42 Å². The van der Waals surface area contributed by atoms with Crippen molar-refractivity contribution in [2.24, 2.45) is 0 Å². The maximum atomic E-state index is 12.4. The molecule has 158 valence electrons. The van der Waals surface area contributed by atoms with Gasteiger partial charge < -0.3 is 14.6 Å². The molecule has 0 saturated heterocycles. The first-order valence-electron chi connectivity index (χ1n) is 9.38. The monoisotopic (exact) mass is 429 g/mol. The number of ether oxygens (including phenoxy) is 1. The Hall–Kier alpha value is -3.20. The smallest absolute Gasteiger partial charge is 0.242 e. The summed E-state index contributed by atoms with van der Waals surface area (Å²) in [4.78, 5) is 16.3. The van der Waals surface area contributed by atoms with Crippen LogP contribution in [0.5, 0.6) is 5.75 Å². The molecule has 3 rings (SSSR count). The van der Waals surface area contributed by atoms with Crippen molar-refractivity contribution in [3.63, 3.8) is 0 Å². The minimum atomic E-state index is -3.60. The quantitative estimate of drug-likeness (QED) is 0.557. The van der Waals surface area contributed by atoms with Crippen molar-refractivity contribution < 1.29 is 22.5 Å². The number of amides is 1. The van der Waals surface area contributed by atoms with Gasteiger partial charge in [-0.25, -0.2) is 8.42 Å². The van der Waals surface area contributed by atoms with Crippen molar-refractivity contribution in [3.8, 4) is 17.1 Å². The van der Waals surface area contributed by atoms with Gasteiger partial charge in [-0.1, -0.05) is 47.6 Å². The van der Waals surface area contributed by atoms with Gasteiger partial charge in [-0.15, -0.1) is 0 Å². The lowest BCUT2D eigenvalue weighted by atomic mass is 10.1. The highest BCUT2D eigenvalue weighted by atomic mass is 32.2. The average Bonchev–Trinajstić information content (AvgIpc) is 3.20. The van der Waals surface area contributed by atoms with E-state index in [1.54, 1.807) is 24.3 Å². The maximum absolute atomic E-state index is 12.4. The summed E-state index contributed by atoms with van der Waals surface area (Å²) >= 11 is 0. The van der Waals surface area contributed by atoms with Gasteiger partial charge in [0.1, 0.15) is 11.5 Å². The molecule has 1 atom stereocenters. The summed E-state index contributed by atoms with van der Waals surface area (Å²) in [5.41, 5.74) is 1.55. The molecule has 1 aromatic heterocycles. The summed E-state index contributed by atoms with van der Waals surface area (Å²) < 4.78 is 35.1. The zero-order chi connectivity index (χ0) is 21.6. The number of para-hydroxylation sites is 1. The van der Waals surface area contributed by atoms with Crippen LogP contribution in [-0.4, -0.2) is 37.3 Å². The van der Waals surface area contributed by atoms with Crippen LogP contribution in [0, 0.1) is 0 Å². The summed E-state index contributed by atoms with van der Waals surface area (Å²) in [5.74, 6) is -0.322. The number of benzene rings is 2. The number of methoxy groups -OCH3 is 1. The zero-order valence-electron chi connectivity index (χ0n) is 16.7. The Morgan fingerprint density at radius 3 is 2.57 bits per heavy atom. The fourth-order valence-corrected chi connectivity index (χ4v) is 4.03. The first-order valence-corrected chi connectivity index (χ1v) is 11.2. The zero-order valence-corrected chi connectivity index (χ0v) is 17.6. The summed E-state index contributed by atoms with van der Waals surface area (Å²) in [5, 5.41) is 6.64. The molecule has 0 aliphatic carbocycles. The van der Waals surface area contributed by atoms with Crippen molar-refractivity contribution in [2.45, 2.75) is 25.1 Å². The Morgan fingerprint density at radius 2 is 1.83 bits per heavy atom. The lowest BCUT2D eigenvalue weighted by Crippen LogP contribution is -2.28. The van der Waals surface area contributed by atoms with E-state index >= 15 is 0 Å². The van der Waals surface area contributed by atoms with E-state index in [0.29, 0.717) is 11.3 Å². The molecule has 8 nitrogen and oxygen atoms in total. The van der Waals surface area contributed by atoms with Crippen molar-refractivity contribution >= 4 is 15.7 Å². The molecule has 0 fully saturated rings. The van der Waals surface area contributed by atoms with Crippen LogP contribution in [0.4, 0.5) is 0 Å². The first-order chi connectivity index (χ1) is 14.4. The van der Waals surface area contributed by atoms with Crippen LogP contribution in [0.1, 0.15) is 30.8 Å². The van der Waals surface area contributed by atoms with Gasteiger partial charge in [-0.2, -0.15) is 4.98 Å². The number of aromatic nitrogens is 2. The van der Waals surface area contributed by atoms with Crippen molar-refractivity contribution in [3.05, 3.63) is 66.1 Å². The predicted octanol–water partition coefficient (Wildman–Crippen LogP) is 2.93. The minimum absolute atomic E-state index is 0.0334. The molecule has 0 radical (unpaired) electrons. The molecule has 1 heterocycles. The second kappa shape index (κ2) is 9.53. The van der Waals surface area contributed by atoms with Crippen LogP contribution in [0.15, 0.2) is 59.1 Å². The van der Waals surface area contributed by atoms with Crippen molar-refractivity contribution in [2.75, 3.05) is 12.9 Å². The van der Waals surface area contributed by atoms with Crippen molar-refractivity contribution in [1.29, 1.82) is 0 Å². The Kier molecular flexibility index (Phi) is 6.83. The number of carbonyl (C=O) groups excluding carboxylic acids is 1. The van der Waals surface area contributed by atoms with Crippen LogP contribution < -0.4 is 10.1 Å². The van der Waals surface area contributed by atoms with E-state index in [-0.39, 0.29) is 35.8 Å². The number of nitrogens with zero attached hydrogens (tertiary/aromatic N) is 2. The molecule has 0 bridgehead atoms. The summed E-state index contributed by atoms with van der Waals surface area (Å²) in [6.07, 6.45) is -0.146. The number of carbonyl (C=O) groups is 1. The van der Waals surface area contributed by atoms with Gasteiger partial charge in [-0.3, -0.25) is 4.79 Å². The number of rotatable bonds is 9. The van der Waals surface area contributed by atoms with E-state index in [4.69, 9.17) is 9.26 Å². The molecule has 2 aromatic carbocycles. The number of sulfone groups is 1. The second-order valence-corrected chi connectivity index (χ2v) is 8.94. The molecule has 0 spiro atoms. The topological polar surface area (TPSA) is 111 Å². The molecule has 1 N–H and O–H groups in total. The van der Waals surface area contributed by atoms with Crippen LogP contribution in [-0.2, 0) is 20.4 Å². The van der Waals surface area contributed by atoms with Crippen LogP contribution in [0.25, 0.3) is 11.4 Å². The number of nitrogens with one attached hydrogen (secondary N) is 1. The lowest BCUT2D eigenvalue weighted by Gasteiger charge is -2.14. The first kappa shape index (κ1) is 21.5. The summed E-state index contributed by atoms with van der Waals surface area (Å²) in [6, 6.07) is 16.3. The molecule has 0 aliphatic heterocycles. The Balaban J connectivity index is 1.57. The molecule has 1 unspecified atom stereocenters. The average molecular weight is 429 g/mol. The fraction of sp³-hybridized carbons (Fsp3) is 0.286. The lowest BCUT2D eigenvalue weighted by molar-refractivity contribution is -0.121. The van der Waals surface area contributed by atoms with Crippen LogP contribution in [0.3, 0.4) is 0 Å². The van der Waals surface area contributed by atoms with E-state index in [1.807, 2.05) is 37.3 Å². The van der Waals surface area contributed by atoms with Gasteiger partial charge in [0.15, 0.2) is 9.84 Å². The van der Waals surface area contributed by atoms with E-state index in [1.165, 1.54) is 7.11 Å². The maximum Gasteiger partial charge on any atom is 0.242 e. The third kappa shape index (κ3) is 5.66. The van der Waals surface area contributed by atoms with Gasteiger partial charge in [0.25, 0.3) is 0 Å². The van der Waals surface area contributed by atoms with Crippen LogP contribution in [0.2, 0.25) is 0 Å². The third-order valence-corrected chi connectivity index (χ3v) is 5.99. The van der Waals surface area contributed by atoms with Crippen molar-refractivity contribution in [1.82, 2.24) is 15.5 Å². The highest BCUT2D eigenvalue weighted by molar-refractivity contribution is 7.90. The largest absolute Gasteiger partial charge is 0.496 e. The van der Waals surface area contributed by atoms with E-state index < -0.39 is 15.6 Å². The molecule has 3 aromatic rings. The molecule has 0 aliphatic rings. The highest BCUT2D eigenvalue weighted by Gasteiger charge is 2.21. The fourth-order valence-electron chi connectivity index (χ4n) is 2.90. The molecule has 30 heavy (non-hydrogen) atoms. The summed E-state index contributed by atoms with van der Waals surface area (Å²) in [6.45, 7) is 1.85. The molecule has 1 amide bonds. The van der Waals surface area contributed by atoms with Gasteiger partial charge in [0.2, 0.25) is 17.6 Å². The molecular weight excluding hydrogens is 406 g/mol. The van der Waals surface area contributed by atoms with Gasteiger partial charge in [-0.05, 0) is 24.6 Å². The summed E-state index contributed by atoms with van der Waals surface area (Å²) in [7, 11) is -2.08. The number of hydrogen-bond donors (Lipinski definition) is 1. The Morgan fingerprint density at radius 1 is 1.13 bits per heavy atom. The SMILES string of the molecule is COc1ccccc1-c1noc(CS(=O)(=O)CCC(=O)NC(C)c2ccccc2)n1. The van der Waals surface area contributed by atoms with E-state index in [2.05, 4.69) is 15.5 Å².